The summed E-state index contributed by atoms with van der Waals surface area (Å²) in [6.45, 7) is 7.96. The molecule has 114 valence electrons. The molecule has 20 heavy (non-hydrogen) atoms. The van der Waals surface area contributed by atoms with Gasteiger partial charge in [0, 0.05) is 30.9 Å². The van der Waals surface area contributed by atoms with Crippen LogP contribution in [0.4, 0.5) is 0 Å². The number of hydrogen-bond donors (Lipinski definition) is 2. The Labute approximate surface area is 120 Å². The van der Waals surface area contributed by atoms with Crippen LogP contribution in [0.3, 0.4) is 0 Å². The summed E-state index contributed by atoms with van der Waals surface area (Å²) in [6, 6.07) is 0. The first kappa shape index (κ1) is 16.6. The number of nitrogens with zero attached hydrogens (tertiary/aromatic N) is 2. The third kappa shape index (κ3) is 4.92. The predicted octanol–water partition coefficient (Wildman–Crippen LogP) is 1.79. The molecule has 1 amide bonds. The van der Waals surface area contributed by atoms with Crippen molar-refractivity contribution in [2.75, 3.05) is 6.61 Å². The molecule has 1 unspecified atom stereocenters. The summed E-state index contributed by atoms with van der Waals surface area (Å²) in [6.07, 6.45) is 2.07. The van der Waals surface area contributed by atoms with Gasteiger partial charge in [-0.05, 0) is 19.8 Å². The average Bonchev–Trinajstić information content (AvgIpc) is 2.85. The van der Waals surface area contributed by atoms with Gasteiger partial charge in [-0.25, -0.2) is 0 Å². The van der Waals surface area contributed by atoms with Gasteiger partial charge >= 0.3 is 0 Å². The molecule has 0 bridgehead atoms. The van der Waals surface area contributed by atoms with E-state index >= 15 is 0 Å². The largest absolute Gasteiger partial charge is 0.396 e. The fraction of sp³-hybridized carbons (Fsp3) is 0.786. The van der Waals surface area contributed by atoms with Crippen LogP contribution in [-0.2, 0) is 11.2 Å². The molecule has 1 heterocycles. The number of aromatic nitrogens is 2. The Balaban J connectivity index is 2.46. The molecule has 0 aromatic carbocycles. The van der Waals surface area contributed by atoms with Crippen molar-refractivity contribution in [2.24, 2.45) is 0 Å². The average molecular weight is 283 g/mol. The summed E-state index contributed by atoms with van der Waals surface area (Å²) in [4.78, 5) is 16.2. The van der Waals surface area contributed by atoms with Gasteiger partial charge in [0.1, 0.15) is 0 Å². The SMILES string of the molecule is CCC(C)(CCO)NC(=O)CCc1nc(C(C)C)no1. The Kier molecular flexibility index (Phi) is 6.13. The van der Waals surface area contributed by atoms with Crippen LogP contribution in [0.5, 0.6) is 0 Å². The van der Waals surface area contributed by atoms with Crippen LogP contribution in [0.2, 0.25) is 0 Å². The van der Waals surface area contributed by atoms with Crippen LogP contribution in [0, 0.1) is 0 Å². The first-order valence-corrected chi connectivity index (χ1v) is 7.14. The van der Waals surface area contributed by atoms with E-state index in [2.05, 4.69) is 15.5 Å². The highest BCUT2D eigenvalue weighted by Gasteiger charge is 2.23. The van der Waals surface area contributed by atoms with E-state index in [1.54, 1.807) is 0 Å². The lowest BCUT2D eigenvalue weighted by Gasteiger charge is -2.28. The highest BCUT2D eigenvalue weighted by Crippen LogP contribution is 2.15. The maximum atomic E-state index is 11.9. The monoisotopic (exact) mass is 283 g/mol. The van der Waals surface area contributed by atoms with Crippen molar-refractivity contribution >= 4 is 5.91 Å². The number of aryl methyl sites for hydroxylation is 1. The van der Waals surface area contributed by atoms with E-state index in [1.165, 1.54) is 0 Å². The maximum absolute atomic E-state index is 11.9. The molecule has 1 aromatic rings. The number of rotatable bonds is 8. The molecule has 0 aliphatic heterocycles. The van der Waals surface area contributed by atoms with Crippen LogP contribution in [-0.4, -0.2) is 33.3 Å². The number of amides is 1. The summed E-state index contributed by atoms with van der Waals surface area (Å²) in [5, 5.41) is 15.8. The zero-order valence-electron chi connectivity index (χ0n) is 12.8. The molecule has 0 spiro atoms. The van der Waals surface area contributed by atoms with Crippen molar-refractivity contribution in [2.45, 2.75) is 64.8 Å². The molecule has 0 radical (unpaired) electrons. The molecule has 0 aliphatic carbocycles. The minimum atomic E-state index is -0.357. The zero-order chi connectivity index (χ0) is 15.2. The normalized spacial score (nSPS) is 14.3. The van der Waals surface area contributed by atoms with Gasteiger partial charge in [0.05, 0.1) is 0 Å². The van der Waals surface area contributed by atoms with Crippen LogP contribution < -0.4 is 5.32 Å². The third-order valence-electron chi connectivity index (χ3n) is 3.45. The standard InChI is InChI=1S/C14H25N3O3/c1-5-14(4,8-9-18)16-11(19)6-7-12-15-13(10(2)3)17-20-12/h10,18H,5-9H2,1-4H3,(H,16,19). The summed E-state index contributed by atoms with van der Waals surface area (Å²) in [5.41, 5.74) is -0.357. The number of aliphatic hydroxyl groups excluding tert-OH is 1. The molecule has 1 atom stereocenters. The van der Waals surface area contributed by atoms with Crippen molar-refractivity contribution in [3.63, 3.8) is 0 Å². The quantitative estimate of drug-likeness (QED) is 0.759. The molecule has 6 nitrogen and oxygen atoms in total. The van der Waals surface area contributed by atoms with Crippen LogP contribution in [0.15, 0.2) is 4.52 Å². The smallest absolute Gasteiger partial charge is 0.227 e. The van der Waals surface area contributed by atoms with Gasteiger partial charge in [-0.15, -0.1) is 0 Å². The molecule has 0 saturated heterocycles. The number of nitrogens with one attached hydrogen (secondary N) is 1. The van der Waals surface area contributed by atoms with E-state index in [-0.39, 0.29) is 24.0 Å². The fourth-order valence-corrected chi connectivity index (χ4v) is 1.80. The zero-order valence-corrected chi connectivity index (χ0v) is 12.8. The van der Waals surface area contributed by atoms with E-state index in [0.29, 0.717) is 31.0 Å². The second kappa shape index (κ2) is 7.38. The number of carbonyl (C=O) groups is 1. The summed E-state index contributed by atoms with van der Waals surface area (Å²) < 4.78 is 5.10. The molecule has 1 rings (SSSR count). The Morgan fingerprint density at radius 3 is 2.70 bits per heavy atom. The second-order valence-electron chi connectivity index (χ2n) is 5.64. The molecule has 1 aromatic heterocycles. The summed E-state index contributed by atoms with van der Waals surface area (Å²) in [5.74, 6) is 1.31. The molecule has 6 heteroatoms. The van der Waals surface area contributed by atoms with Crippen molar-refractivity contribution in [1.82, 2.24) is 15.5 Å². The molecule has 0 fully saturated rings. The second-order valence-corrected chi connectivity index (χ2v) is 5.64. The summed E-state index contributed by atoms with van der Waals surface area (Å²) >= 11 is 0. The highest BCUT2D eigenvalue weighted by molar-refractivity contribution is 5.76. The van der Waals surface area contributed by atoms with Gasteiger partial charge in [-0.1, -0.05) is 25.9 Å². The highest BCUT2D eigenvalue weighted by atomic mass is 16.5. The van der Waals surface area contributed by atoms with Crippen molar-refractivity contribution in [3.05, 3.63) is 11.7 Å². The lowest BCUT2D eigenvalue weighted by molar-refractivity contribution is -0.123. The Bertz CT molecular complexity index is 431. The van der Waals surface area contributed by atoms with E-state index in [1.807, 2.05) is 27.7 Å². The van der Waals surface area contributed by atoms with Gasteiger partial charge in [0.15, 0.2) is 5.82 Å². The maximum Gasteiger partial charge on any atom is 0.227 e. The molecular formula is C14H25N3O3. The van der Waals surface area contributed by atoms with Crippen molar-refractivity contribution in [3.8, 4) is 0 Å². The fourth-order valence-electron chi connectivity index (χ4n) is 1.80. The van der Waals surface area contributed by atoms with E-state index in [0.717, 1.165) is 6.42 Å². The number of hydrogen-bond acceptors (Lipinski definition) is 5. The van der Waals surface area contributed by atoms with E-state index in [9.17, 15) is 4.79 Å². The van der Waals surface area contributed by atoms with Gasteiger partial charge in [0.25, 0.3) is 0 Å². The summed E-state index contributed by atoms with van der Waals surface area (Å²) in [7, 11) is 0. The van der Waals surface area contributed by atoms with Gasteiger partial charge in [0.2, 0.25) is 11.8 Å². The number of aliphatic hydroxyl groups is 1. The predicted molar refractivity (Wildman–Crippen MR) is 75.2 cm³/mol. The molecular weight excluding hydrogens is 258 g/mol. The number of carbonyl (C=O) groups excluding carboxylic acids is 1. The van der Waals surface area contributed by atoms with E-state index in [4.69, 9.17) is 9.63 Å². The van der Waals surface area contributed by atoms with Gasteiger partial charge < -0.3 is 14.9 Å². The Hall–Kier alpha value is -1.43. The molecule has 0 aliphatic rings. The molecule has 2 N–H and O–H groups in total. The van der Waals surface area contributed by atoms with Crippen molar-refractivity contribution < 1.29 is 14.4 Å². The Morgan fingerprint density at radius 1 is 1.50 bits per heavy atom. The topological polar surface area (TPSA) is 88.2 Å². The lowest BCUT2D eigenvalue weighted by atomic mass is 9.94. The van der Waals surface area contributed by atoms with Crippen LogP contribution in [0.1, 0.15) is 64.6 Å². The minimum Gasteiger partial charge on any atom is -0.396 e. The first-order chi connectivity index (χ1) is 9.40. The lowest BCUT2D eigenvalue weighted by Crippen LogP contribution is -2.46. The van der Waals surface area contributed by atoms with Gasteiger partial charge in [-0.3, -0.25) is 4.79 Å². The van der Waals surface area contributed by atoms with Crippen LogP contribution >= 0.6 is 0 Å². The minimum absolute atomic E-state index is 0.0615. The Morgan fingerprint density at radius 2 is 2.20 bits per heavy atom. The first-order valence-electron chi connectivity index (χ1n) is 7.14. The van der Waals surface area contributed by atoms with E-state index < -0.39 is 0 Å². The van der Waals surface area contributed by atoms with Gasteiger partial charge in [-0.2, -0.15) is 4.98 Å². The van der Waals surface area contributed by atoms with Crippen LogP contribution in [0.25, 0.3) is 0 Å². The van der Waals surface area contributed by atoms with Crippen molar-refractivity contribution in [1.29, 1.82) is 0 Å². The molecule has 0 saturated carbocycles. The third-order valence-corrected chi connectivity index (χ3v) is 3.45.